The van der Waals surface area contributed by atoms with E-state index in [9.17, 15) is 5.11 Å². The number of rotatable bonds is 6. The second-order valence-electron chi connectivity index (χ2n) is 4.68. The predicted octanol–water partition coefficient (Wildman–Crippen LogP) is 1.07. The van der Waals surface area contributed by atoms with Gasteiger partial charge in [-0.25, -0.2) is 0 Å². The molecule has 2 unspecified atom stereocenters. The van der Waals surface area contributed by atoms with E-state index in [0.717, 1.165) is 25.3 Å². The van der Waals surface area contributed by atoms with Crippen LogP contribution in [0.25, 0.3) is 0 Å². The van der Waals surface area contributed by atoms with Gasteiger partial charge in [-0.3, -0.25) is 0 Å². The topological polar surface area (TPSA) is 32.7 Å². The zero-order valence-electron chi connectivity index (χ0n) is 10.0. The lowest BCUT2D eigenvalue weighted by atomic mass is 9.87. The fourth-order valence-electron chi connectivity index (χ4n) is 2.00. The molecule has 1 saturated heterocycles. The molecule has 3 nitrogen and oxygen atoms in total. The van der Waals surface area contributed by atoms with Crippen molar-refractivity contribution in [3.8, 4) is 0 Å². The first-order valence-corrected chi connectivity index (χ1v) is 6.91. The molecule has 0 aromatic carbocycles. The van der Waals surface area contributed by atoms with Crippen molar-refractivity contribution >= 4 is 11.8 Å². The maximum atomic E-state index is 9.47. The Morgan fingerprint density at radius 1 is 1.60 bits per heavy atom. The number of aliphatic hydroxyl groups is 1. The molecule has 0 aliphatic carbocycles. The molecule has 0 bridgehead atoms. The molecule has 1 rings (SSSR count). The van der Waals surface area contributed by atoms with Crippen molar-refractivity contribution in [3.05, 3.63) is 0 Å². The lowest BCUT2D eigenvalue weighted by Crippen LogP contribution is -2.43. The monoisotopic (exact) mass is 233 g/mol. The highest BCUT2D eigenvalue weighted by molar-refractivity contribution is 7.98. The van der Waals surface area contributed by atoms with Gasteiger partial charge in [-0.1, -0.05) is 0 Å². The van der Waals surface area contributed by atoms with Crippen LogP contribution in [-0.2, 0) is 4.74 Å². The molecule has 0 radical (unpaired) electrons. The first kappa shape index (κ1) is 13.3. The second kappa shape index (κ2) is 6.09. The van der Waals surface area contributed by atoms with Crippen LogP contribution in [0.1, 0.15) is 13.3 Å². The Morgan fingerprint density at radius 2 is 2.33 bits per heavy atom. The summed E-state index contributed by atoms with van der Waals surface area (Å²) in [6.45, 7) is 4.91. The molecule has 1 fully saturated rings. The minimum Gasteiger partial charge on any atom is -0.396 e. The van der Waals surface area contributed by atoms with Crippen molar-refractivity contribution in [2.45, 2.75) is 19.4 Å². The number of hydrogen-bond acceptors (Lipinski definition) is 4. The van der Waals surface area contributed by atoms with Crippen molar-refractivity contribution in [2.24, 2.45) is 5.41 Å². The summed E-state index contributed by atoms with van der Waals surface area (Å²) < 4.78 is 5.40. The number of thioether (sulfide) groups is 1. The lowest BCUT2D eigenvalue weighted by Gasteiger charge is -2.33. The third-order valence-corrected chi connectivity index (χ3v) is 4.08. The number of hydrogen-bond donors (Lipinski definition) is 1. The van der Waals surface area contributed by atoms with Gasteiger partial charge in [0.05, 0.1) is 13.2 Å². The van der Waals surface area contributed by atoms with Gasteiger partial charge in [-0.15, -0.1) is 0 Å². The summed E-state index contributed by atoms with van der Waals surface area (Å²) in [5, 5.41) is 9.47. The Labute approximate surface area is 97.2 Å². The quantitative estimate of drug-likeness (QED) is 0.744. The third-order valence-electron chi connectivity index (χ3n) is 3.27. The van der Waals surface area contributed by atoms with Crippen LogP contribution in [0.3, 0.4) is 0 Å². The fourth-order valence-corrected chi connectivity index (χ4v) is 2.74. The van der Waals surface area contributed by atoms with Crippen molar-refractivity contribution in [2.75, 3.05) is 45.4 Å². The molecule has 90 valence electrons. The molecule has 2 atom stereocenters. The molecule has 1 aliphatic heterocycles. The van der Waals surface area contributed by atoms with Crippen molar-refractivity contribution in [1.29, 1.82) is 0 Å². The second-order valence-corrected chi connectivity index (χ2v) is 5.59. The van der Waals surface area contributed by atoms with E-state index < -0.39 is 0 Å². The number of aliphatic hydroxyl groups excluding tert-OH is 1. The average Bonchev–Trinajstić information content (AvgIpc) is 2.67. The average molecular weight is 233 g/mol. The molecule has 0 aromatic rings. The zero-order valence-corrected chi connectivity index (χ0v) is 10.8. The van der Waals surface area contributed by atoms with E-state index in [1.54, 1.807) is 0 Å². The van der Waals surface area contributed by atoms with E-state index in [4.69, 9.17) is 4.74 Å². The van der Waals surface area contributed by atoms with E-state index in [2.05, 4.69) is 25.1 Å². The van der Waals surface area contributed by atoms with Gasteiger partial charge in [-0.2, -0.15) is 11.8 Å². The highest BCUT2D eigenvalue weighted by Crippen LogP contribution is 2.29. The number of nitrogens with zero attached hydrogens (tertiary/aromatic N) is 1. The summed E-state index contributed by atoms with van der Waals surface area (Å²) in [6.07, 6.45) is 3.12. The zero-order chi connectivity index (χ0) is 11.3. The van der Waals surface area contributed by atoms with Crippen LogP contribution in [0.4, 0.5) is 0 Å². The van der Waals surface area contributed by atoms with Crippen LogP contribution in [0.5, 0.6) is 0 Å². The summed E-state index contributed by atoms with van der Waals surface area (Å²) in [7, 11) is 2.14. The minimum atomic E-state index is -0.0125. The highest BCUT2D eigenvalue weighted by atomic mass is 32.2. The molecule has 1 N–H and O–H groups in total. The Kier molecular flexibility index (Phi) is 5.39. The van der Waals surface area contributed by atoms with Gasteiger partial charge in [0.15, 0.2) is 0 Å². The van der Waals surface area contributed by atoms with Gasteiger partial charge in [0.1, 0.15) is 0 Å². The van der Waals surface area contributed by atoms with E-state index in [-0.39, 0.29) is 12.0 Å². The molecule has 4 heteroatoms. The van der Waals surface area contributed by atoms with Gasteiger partial charge in [-0.05, 0) is 26.6 Å². The van der Waals surface area contributed by atoms with E-state index in [1.807, 2.05) is 11.8 Å². The molecule has 0 saturated carbocycles. The van der Waals surface area contributed by atoms with Crippen LogP contribution in [0.2, 0.25) is 0 Å². The summed E-state index contributed by atoms with van der Waals surface area (Å²) in [4.78, 5) is 2.33. The molecule has 15 heavy (non-hydrogen) atoms. The van der Waals surface area contributed by atoms with Crippen LogP contribution in [-0.4, -0.2) is 61.5 Å². The first-order chi connectivity index (χ1) is 7.13. The minimum absolute atomic E-state index is 0.0125. The maximum absolute atomic E-state index is 9.47. The Hall–Kier alpha value is 0.230. The predicted molar refractivity (Wildman–Crippen MR) is 65.4 cm³/mol. The van der Waals surface area contributed by atoms with E-state index in [1.165, 1.54) is 0 Å². The fraction of sp³-hybridized carbons (Fsp3) is 1.00. The molecule has 1 heterocycles. The van der Waals surface area contributed by atoms with Gasteiger partial charge >= 0.3 is 0 Å². The normalized spacial score (nSPS) is 28.6. The molecular weight excluding hydrogens is 210 g/mol. The Balaban J connectivity index is 2.43. The largest absolute Gasteiger partial charge is 0.396 e. The van der Waals surface area contributed by atoms with Crippen molar-refractivity contribution in [3.63, 3.8) is 0 Å². The molecule has 1 aliphatic rings. The van der Waals surface area contributed by atoms with Crippen LogP contribution in [0, 0.1) is 5.41 Å². The first-order valence-electron chi connectivity index (χ1n) is 5.51. The Bertz CT molecular complexity index is 183. The van der Waals surface area contributed by atoms with E-state index in [0.29, 0.717) is 12.6 Å². The molecule has 0 aromatic heterocycles. The summed E-state index contributed by atoms with van der Waals surface area (Å²) in [5.74, 6) is 1.14. The summed E-state index contributed by atoms with van der Waals surface area (Å²) in [5.41, 5.74) is -0.0125. The van der Waals surface area contributed by atoms with Crippen molar-refractivity contribution in [1.82, 2.24) is 4.90 Å². The highest BCUT2D eigenvalue weighted by Gasteiger charge is 2.36. The van der Waals surface area contributed by atoms with Gasteiger partial charge < -0.3 is 14.7 Å². The van der Waals surface area contributed by atoms with Crippen LogP contribution in [0.15, 0.2) is 0 Å². The van der Waals surface area contributed by atoms with Crippen molar-refractivity contribution < 1.29 is 9.84 Å². The van der Waals surface area contributed by atoms with E-state index >= 15 is 0 Å². The van der Waals surface area contributed by atoms with Crippen LogP contribution >= 0.6 is 11.8 Å². The Morgan fingerprint density at radius 3 is 2.80 bits per heavy atom. The lowest BCUT2D eigenvalue weighted by molar-refractivity contribution is 0.0569. The summed E-state index contributed by atoms with van der Waals surface area (Å²) in [6, 6.07) is 0.559. The van der Waals surface area contributed by atoms with Gasteiger partial charge in [0.2, 0.25) is 0 Å². The van der Waals surface area contributed by atoms with Crippen LogP contribution < -0.4 is 0 Å². The molecular formula is C11H23NO2S. The standard InChI is InChI=1S/C11H23NO2S/c1-10(6-15-3)12(2)7-11(8-13)4-5-14-9-11/h10,13H,4-9H2,1-3H3. The van der Waals surface area contributed by atoms with Gasteiger partial charge in [0.25, 0.3) is 0 Å². The molecule has 0 amide bonds. The SMILES string of the molecule is CSCC(C)N(C)CC1(CO)CCOC1. The third kappa shape index (κ3) is 3.63. The number of ether oxygens (including phenoxy) is 1. The van der Waals surface area contributed by atoms with Gasteiger partial charge in [0, 0.05) is 30.4 Å². The smallest absolute Gasteiger partial charge is 0.0557 e. The maximum Gasteiger partial charge on any atom is 0.0557 e. The molecule has 0 spiro atoms. The summed E-state index contributed by atoms with van der Waals surface area (Å²) >= 11 is 1.87.